The van der Waals surface area contributed by atoms with Crippen molar-refractivity contribution in [2.75, 3.05) is 20.6 Å². The topological polar surface area (TPSA) is 59.1 Å². The van der Waals surface area contributed by atoms with Gasteiger partial charge in [-0.25, -0.2) is 9.59 Å². The molecule has 110 valence electrons. The van der Waals surface area contributed by atoms with Gasteiger partial charge in [0.25, 0.3) is 0 Å². The maximum Gasteiger partial charge on any atom is 0.410 e. The molecular formula is C13H24N2O4. The van der Waals surface area contributed by atoms with Crippen molar-refractivity contribution in [3.8, 4) is 0 Å². The molecule has 0 aromatic carbocycles. The van der Waals surface area contributed by atoms with E-state index in [0.29, 0.717) is 13.0 Å². The molecule has 0 radical (unpaired) electrons. The first-order valence-electron chi connectivity index (χ1n) is 6.47. The summed E-state index contributed by atoms with van der Waals surface area (Å²) in [7, 11) is 3.26. The average molecular weight is 272 g/mol. The molecule has 6 nitrogen and oxygen atoms in total. The Labute approximate surface area is 114 Å². The lowest BCUT2D eigenvalue weighted by Crippen LogP contribution is -2.39. The van der Waals surface area contributed by atoms with Crippen LogP contribution in [-0.2, 0) is 9.47 Å². The molecule has 6 heteroatoms. The molecule has 2 amide bonds. The van der Waals surface area contributed by atoms with Crippen LogP contribution in [0.5, 0.6) is 0 Å². The van der Waals surface area contributed by atoms with Crippen molar-refractivity contribution in [1.82, 2.24) is 9.80 Å². The van der Waals surface area contributed by atoms with Crippen LogP contribution in [0.4, 0.5) is 9.59 Å². The quantitative estimate of drug-likeness (QED) is 0.733. The highest BCUT2D eigenvalue weighted by atomic mass is 16.6. The minimum Gasteiger partial charge on any atom is -0.444 e. The first kappa shape index (κ1) is 15.6. The molecule has 1 fully saturated rings. The van der Waals surface area contributed by atoms with Crippen LogP contribution in [0.1, 0.15) is 34.1 Å². The lowest BCUT2D eigenvalue weighted by Gasteiger charge is -2.26. The van der Waals surface area contributed by atoms with E-state index in [1.165, 1.54) is 4.90 Å². The van der Waals surface area contributed by atoms with Crippen LogP contribution < -0.4 is 0 Å². The molecule has 1 aliphatic heterocycles. The second-order valence-electron chi connectivity index (χ2n) is 6.12. The lowest BCUT2D eigenvalue weighted by atomic mass is 10.2. The fourth-order valence-corrected chi connectivity index (χ4v) is 1.89. The van der Waals surface area contributed by atoms with Crippen molar-refractivity contribution in [2.45, 2.75) is 51.9 Å². The SMILES string of the molecule is C[C@H]1C[C@H](OC(=O)N(C)C)CN1C(=O)OC(C)(C)C. The zero-order valence-corrected chi connectivity index (χ0v) is 12.6. The van der Waals surface area contributed by atoms with Gasteiger partial charge in [-0.1, -0.05) is 0 Å². The molecule has 0 bridgehead atoms. The second kappa shape index (κ2) is 5.67. The molecule has 0 aromatic rings. The summed E-state index contributed by atoms with van der Waals surface area (Å²) in [6.07, 6.45) is -0.372. The van der Waals surface area contributed by atoms with Gasteiger partial charge < -0.3 is 19.3 Å². The number of carbonyl (C=O) groups is 2. The Morgan fingerprint density at radius 1 is 1.26 bits per heavy atom. The lowest BCUT2D eigenvalue weighted by molar-refractivity contribution is 0.0204. The van der Waals surface area contributed by atoms with Gasteiger partial charge in [0.15, 0.2) is 0 Å². The zero-order chi connectivity index (χ0) is 14.8. The second-order valence-corrected chi connectivity index (χ2v) is 6.12. The van der Waals surface area contributed by atoms with Crippen LogP contribution in [0.3, 0.4) is 0 Å². The zero-order valence-electron chi connectivity index (χ0n) is 12.6. The molecular weight excluding hydrogens is 248 g/mol. The first-order valence-corrected chi connectivity index (χ1v) is 6.47. The summed E-state index contributed by atoms with van der Waals surface area (Å²) in [6.45, 7) is 7.79. The first-order chi connectivity index (χ1) is 8.60. The largest absolute Gasteiger partial charge is 0.444 e. The predicted molar refractivity (Wildman–Crippen MR) is 71.0 cm³/mol. The van der Waals surface area contributed by atoms with E-state index in [1.54, 1.807) is 19.0 Å². The van der Waals surface area contributed by atoms with Crippen LogP contribution >= 0.6 is 0 Å². The molecule has 0 aromatic heterocycles. The summed E-state index contributed by atoms with van der Waals surface area (Å²) in [4.78, 5) is 26.5. The average Bonchev–Trinajstić information content (AvgIpc) is 2.56. The summed E-state index contributed by atoms with van der Waals surface area (Å²) in [5.41, 5.74) is -0.519. The standard InChI is InChI=1S/C13H24N2O4/c1-9-7-10(18-11(16)14(5)6)8-15(9)12(17)19-13(2,3)4/h9-10H,7-8H2,1-6H3/t9-,10-/m0/s1. The molecule has 2 atom stereocenters. The minimum atomic E-state index is -0.519. The van der Waals surface area contributed by atoms with Crippen molar-refractivity contribution in [2.24, 2.45) is 0 Å². The molecule has 1 heterocycles. The van der Waals surface area contributed by atoms with Gasteiger partial charge in [-0.05, 0) is 27.7 Å². The van der Waals surface area contributed by atoms with E-state index < -0.39 is 5.60 Å². The van der Waals surface area contributed by atoms with E-state index in [9.17, 15) is 9.59 Å². The van der Waals surface area contributed by atoms with Gasteiger partial charge in [0.2, 0.25) is 0 Å². The summed E-state index contributed by atoms with van der Waals surface area (Å²) in [6, 6.07) is 0.00909. The number of hydrogen-bond acceptors (Lipinski definition) is 4. The number of likely N-dealkylation sites (tertiary alicyclic amines) is 1. The van der Waals surface area contributed by atoms with Crippen molar-refractivity contribution in [3.05, 3.63) is 0 Å². The molecule has 0 N–H and O–H groups in total. The van der Waals surface area contributed by atoms with E-state index in [4.69, 9.17) is 9.47 Å². The van der Waals surface area contributed by atoms with Crippen LogP contribution in [0.25, 0.3) is 0 Å². The van der Waals surface area contributed by atoms with Crippen LogP contribution in [0, 0.1) is 0 Å². The number of ether oxygens (including phenoxy) is 2. The fourth-order valence-electron chi connectivity index (χ4n) is 1.89. The normalized spacial score (nSPS) is 23.2. The highest BCUT2D eigenvalue weighted by Gasteiger charge is 2.37. The third-order valence-electron chi connectivity index (χ3n) is 2.80. The molecule has 1 aliphatic rings. The Morgan fingerprint density at radius 3 is 2.32 bits per heavy atom. The van der Waals surface area contributed by atoms with Crippen LogP contribution in [0.2, 0.25) is 0 Å². The Morgan fingerprint density at radius 2 is 1.84 bits per heavy atom. The number of nitrogens with zero attached hydrogens (tertiary/aromatic N) is 2. The number of carbonyl (C=O) groups excluding carboxylic acids is 2. The Bertz CT molecular complexity index is 349. The maximum absolute atomic E-state index is 12.0. The maximum atomic E-state index is 12.0. The van der Waals surface area contributed by atoms with Gasteiger partial charge in [0, 0.05) is 26.6 Å². The fraction of sp³-hybridized carbons (Fsp3) is 0.846. The third-order valence-corrected chi connectivity index (χ3v) is 2.80. The Balaban J connectivity index is 2.55. The Kier molecular flexibility index (Phi) is 4.66. The van der Waals surface area contributed by atoms with Crippen molar-refractivity contribution < 1.29 is 19.1 Å². The molecule has 1 rings (SSSR count). The highest BCUT2D eigenvalue weighted by molar-refractivity contribution is 5.70. The minimum absolute atomic E-state index is 0.00909. The summed E-state index contributed by atoms with van der Waals surface area (Å²) < 4.78 is 10.6. The van der Waals surface area contributed by atoms with Gasteiger partial charge in [-0.15, -0.1) is 0 Å². The Hall–Kier alpha value is -1.46. The molecule has 1 saturated heterocycles. The molecule has 0 spiro atoms. The van der Waals surface area contributed by atoms with Gasteiger partial charge in [-0.3, -0.25) is 0 Å². The van der Waals surface area contributed by atoms with Crippen molar-refractivity contribution in [1.29, 1.82) is 0 Å². The van der Waals surface area contributed by atoms with Gasteiger partial charge in [0.05, 0.1) is 6.54 Å². The predicted octanol–water partition coefficient (Wildman–Crippen LogP) is 2.08. The molecule has 0 aliphatic carbocycles. The highest BCUT2D eigenvalue weighted by Crippen LogP contribution is 2.23. The molecule has 19 heavy (non-hydrogen) atoms. The van der Waals surface area contributed by atoms with E-state index in [-0.39, 0.29) is 24.3 Å². The van der Waals surface area contributed by atoms with Crippen molar-refractivity contribution in [3.63, 3.8) is 0 Å². The van der Waals surface area contributed by atoms with E-state index >= 15 is 0 Å². The van der Waals surface area contributed by atoms with Crippen molar-refractivity contribution >= 4 is 12.2 Å². The van der Waals surface area contributed by atoms with E-state index in [2.05, 4.69) is 0 Å². The monoisotopic (exact) mass is 272 g/mol. The molecule has 0 saturated carbocycles. The van der Waals surface area contributed by atoms with Gasteiger partial charge in [-0.2, -0.15) is 0 Å². The third kappa shape index (κ3) is 4.61. The van der Waals surface area contributed by atoms with E-state index in [0.717, 1.165) is 0 Å². The van der Waals surface area contributed by atoms with Crippen LogP contribution in [0.15, 0.2) is 0 Å². The van der Waals surface area contributed by atoms with E-state index in [1.807, 2.05) is 27.7 Å². The number of rotatable bonds is 1. The number of amides is 2. The summed E-state index contributed by atoms with van der Waals surface area (Å²) in [5, 5.41) is 0. The summed E-state index contributed by atoms with van der Waals surface area (Å²) in [5.74, 6) is 0. The van der Waals surface area contributed by atoms with Crippen LogP contribution in [-0.4, -0.2) is 60.4 Å². The van der Waals surface area contributed by atoms with Gasteiger partial charge in [0.1, 0.15) is 11.7 Å². The number of hydrogen-bond donors (Lipinski definition) is 0. The van der Waals surface area contributed by atoms with Gasteiger partial charge >= 0.3 is 12.2 Å². The smallest absolute Gasteiger partial charge is 0.410 e. The summed E-state index contributed by atoms with van der Waals surface area (Å²) >= 11 is 0. The molecule has 0 unspecified atom stereocenters.